The highest BCUT2D eigenvalue weighted by Gasteiger charge is 2.67. The normalized spacial score (nSPS) is 51.7. The quantitative estimate of drug-likeness (QED) is 0.207. The fourth-order valence-corrected chi connectivity index (χ4v) is 19.0. The largest absolute Gasteiger partial charge is 0.279 e. The average Bonchev–Trinajstić information content (AvgIpc) is 4.16. The number of fused-ring (bicyclic) bond motifs is 17. The maximum atomic E-state index is 13.0. The summed E-state index contributed by atoms with van der Waals surface area (Å²) < 4.78 is 0. The summed E-state index contributed by atoms with van der Waals surface area (Å²) in [5, 5.41) is 0. The van der Waals surface area contributed by atoms with Crippen molar-refractivity contribution in [2.45, 2.75) is 145 Å². The molecular weight excluding hydrogens is 811 g/mol. The molecular formula is C56H75N3O6. The summed E-state index contributed by atoms with van der Waals surface area (Å²) in [5.41, 5.74) is 1.20. The smallest absolute Gasteiger partial charge is 0.233 e. The Morgan fingerprint density at radius 2 is 0.646 bits per heavy atom. The van der Waals surface area contributed by atoms with Gasteiger partial charge in [-0.15, -0.1) is 0 Å². The minimum Gasteiger partial charge on any atom is -0.279 e. The topological polar surface area (TPSA) is 112 Å². The summed E-state index contributed by atoms with van der Waals surface area (Å²) in [6.07, 6.45) is 23.4. The molecule has 0 aromatic carbocycles. The minimum atomic E-state index is -0.0686. The van der Waals surface area contributed by atoms with E-state index in [1.807, 2.05) is 0 Å². The first kappa shape index (κ1) is 43.0. The molecule has 9 heteroatoms. The molecule has 17 rings (SSSR count). The molecule has 0 aromatic heterocycles. The van der Waals surface area contributed by atoms with E-state index >= 15 is 0 Å². The van der Waals surface area contributed by atoms with Gasteiger partial charge >= 0.3 is 0 Å². The number of allylic oxidation sites excluding steroid dienone is 6. The monoisotopic (exact) mass is 886 g/mol. The molecule has 0 N–H and O–H groups in total. The molecule has 22 atom stereocenters. The molecule has 10 bridgehead atoms. The molecule has 14 fully saturated rings. The Balaban J connectivity index is 0.000000103. The Morgan fingerprint density at radius 3 is 0.892 bits per heavy atom. The summed E-state index contributed by atoms with van der Waals surface area (Å²) in [5.74, 6) is 7.39. The average molecular weight is 886 g/mol. The van der Waals surface area contributed by atoms with E-state index < -0.39 is 0 Å². The molecule has 3 aliphatic heterocycles. The van der Waals surface area contributed by atoms with Gasteiger partial charge in [0.05, 0.1) is 35.5 Å². The number of rotatable bonds is 3. The molecule has 9 nitrogen and oxygen atoms in total. The van der Waals surface area contributed by atoms with Crippen molar-refractivity contribution in [1.29, 1.82) is 0 Å². The van der Waals surface area contributed by atoms with Gasteiger partial charge in [-0.1, -0.05) is 98.8 Å². The first-order valence-electron chi connectivity index (χ1n) is 26.4. The Labute approximate surface area is 387 Å². The van der Waals surface area contributed by atoms with Crippen LogP contribution in [0.4, 0.5) is 0 Å². The van der Waals surface area contributed by atoms with Gasteiger partial charge in [-0.25, -0.2) is 0 Å². The van der Waals surface area contributed by atoms with Gasteiger partial charge in [-0.05, 0) is 157 Å². The van der Waals surface area contributed by atoms with Crippen molar-refractivity contribution in [2.24, 2.45) is 129 Å². The van der Waals surface area contributed by atoms with Crippen LogP contribution in [0.2, 0.25) is 0 Å². The summed E-state index contributed by atoms with van der Waals surface area (Å²) in [6, 6.07) is 0.496. The third-order valence-electron chi connectivity index (χ3n) is 23.5. The van der Waals surface area contributed by atoms with Crippen LogP contribution in [-0.4, -0.2) is 68.3 Å². The second kappa shape index (κ2) is 14.1. The highest BCUT2D eigenvalue weighted by Crippen LogP contribution is 2.66. The summed E-state index contributed by atoms with van der Waals surface area (Å²) in [4.78, 5) is 82.6. The van der Waals surface area contributed by atoms with Crippen LogP contribution in [0.5, 0.6) is 0 Å². The number of hydrogen-bond acceptors (Lipinski definition) is 6. The van der Waals surface area contributed by atoms with Gasteiger partial charge in [0.1, 0.15) is 0 Å². The van der Waals surface area contributed by atoms with Gasteiger partial charge in [0.25, 0.3) is 0 Å². The van der Waals surface area contributed by atoms with Crippen molar-refractivity contribution in [3.8, 4) is 0 Å². The number of imide groups is 3. The van der Waals surface area contributed by atoms with E-state index in [-0.39, 0.29) is 89.1 Å². The predicted molar refractivity (Wildman–Crippen MR) is 245 cm³/mol. The van der Waals surface area contributed by atoms with Gasteiger partial charge in [0.15, 0.2) is 0 Å². The van der Waals surface area contributed by atoms with Gasteiger partial charge in [-0.2, -0.15) is 0 Å². The fraction of sp³-hybridized carbons (Fsp3) is 0.786. The molecule has 0 aromatic rings. The fourth-order valence-electron chi connectivity index (χ4n) is 19.0. The van der Waals surface area contributed by atoms with E-state index in [0.29, 0.717) is 93.2 Å². The van der Waals surface area contributed by atoms with E-state index in [2.05, 4.69) is 98.8 Å². The zero-order valence-corrected chi connectivity index (χ0v) is 40.5. The van der Waals surface area contributed by atoms with Crippen LogP contribution in [0.25, 0.3) is 0 Å². The molecule has 14 aliphatic carbocycles. The first-order chi connectivity index (χ1) is 30.7. The molecule has 0 radical (unpaired) electrons. The van der Waals surface area contributed by atoms with Gasteiger partial charge in [-0.3, -0.25) is 43.5 Å². The van der Waals surface area contributed by atoms with E-state index in [1.165, 1.54) is 19.3 Å². The summed E-state index contributed by atoms with van der Waals surface area (Å²) >= 11 is 0. The molecule has 3 heterocycles. The minimum absolute atomic E-state index is 0.0269. The number of amides is 6. The molecule has 0 spiro atoms. The van der Waals surface area contributed by atoms with Crippen molar-refractivity contribution >= 4 is 35.4 Å². The molecule has 65 heavy (non-hydrogen) atoms. The van der Waals surface area contributed by atoms with Crippen LogP contribution in [0.15, 0.2) is 36.5 Å². The maximum absolute atomic E-state index is 13.0. The number of hydrogen-bond donors (Lipinski definition) is 0. The van der Waals surface area contributed by atoms with Crippen molar-refractivity contribution < 1.29 is 28.8 Å². The summed E-state index contributed by atoms with van der Waals surface area (Å²) in [6.45, 7) is 21.0. The predicted octanol–water partition coefficient (Wildman–Crippen LogP) is 8.74. The van der Waals surface area contributed by atoms with Gasteiger partial charge in [0.2, 0.25) is 35.4 Å². The van der Waals surface area contributed by atoms with Crippen LogP contribution in [0, 0.1) is 129 Å². The lowest BCUT2D eigenvalue weighted by molar-refractivity contribution is -0.165. The lowest BCUT2D eigenvalue weighted by Crippen LogP contribution is -2.61. The van der Waals surface area contributed by atoms with E-state index in [0.717, 1.165) is 44.9 Å². The van der Waals surface area contributed by atoms with Crippen LogP contribution >= 0.6 is 0 Å². The number of nitrogens with zero attached hydrogens (tertiary/aromatic N) is 3. The zero-order chi connectivity index (χ0) is 45.7. The molecule has 3 saturated heterocycles. The van der Waals surface area contributed by atoms with Crippen molar-refractivity contribution in [1.82, 2.24) is 14.7 Å². The lowest BCUT2D eigenvalue weighted by Gasteiger charge is -2.63. The third kappa shape index (κ3) is 5.56. The van der Waals surface area contributed by atoms with Crippen LogP contribution in [-0.2, 0) is 28.8 Å². The molecule has 6 amide bonds. The highest BCUT2D eigenvalue weighted by molar-refractivity contribution is 6.08. The zero-order valence-electron chi connectivity index (χ0n) is 40.5. The molecule has 10 unspecified atom stereocenters. The lowest BCUT2D eigenvalue weighted by atomic mass is 9.44. The van der Waals surface area contributed by atoms with E-state index in [1.54, 1.807) is 14.7 Å². The second-order valence-corrected chi connectivity index (χ2v) is 26.4. The third-order valence-corrected chi connectivity index (χ3v) is 23.5. The maximum Gasteiger partial charge on any atom is 0.233 e. The van der Waals surface area contributed by atoms with Crippen molar-refractivity contribution in [2.75, 3.05) is 0 Å². The van der Waals surface area contributed by atoms with Crippen molar-refractivity contribution in [3.63, 3.8) is 0 Å². The first-order valence-corrected chi connectivity index (χ1v) is 26.4. The van der Waals surface area contributed by atoms with Crippen molar-refractivity contribution in [3.05, 3.63) is 36.5 Å². The van der Waals surface area contributed by atoms with E-state index in [9.17, 15) is 28.8 Å². The number of carbonyl (C=O) groups is 6. The van der Waals surface area contributed by atoms with Gasteiger partial charge < -0.3 is 0 Å². The Morgan fingerprint density at radius 1 is 0.385 bits per heavy atom. The standard InChI is InChI=1S/2C19H25NO2.C18H25NO2/c2*1-9-13-7-12(19(13,2)3)8-14(9)20-17(21)15-10-4-5-11(6-10)16(15)18(20)22;1-10-14-8-11(18(14,2)3)9-15(10)19-16(20)12-6-4-5-7-13(12)17(19)21/h2*4-5,9-16H,6-8H2,1-3H3;4-5,10-15H,6-9H2,1-3H3/t2*9-,10?,11?,12+,13-,14-,15?,16?;10-,11+,12?,13?,14-,15-/m111/s1. The molecule has 17 aliphatic rings. The van der Waals surface area contributed by atoms with E-state index in [4.69, 9.17) is 0 Å². The summed E-state index contributed by atoms with van der Waals surface area (Å²) in [7, 11) is 0. The van der Waals surface area contributed by atoms with Gasteiger partial charge in [0, 0.05) is 18.1 Å². The second-order valence-electron chi connectivity index (χ2n) is 26.4. The highest BCUT2D eigenvalue weighted by atomic mass is 16.2. The Kier molecular flexibility index (Phi) is 9.32. The number of carbonyl (C=O) groups excluding carboxylic acids is 6. The Hall–Kier alpha value is -3.36. The molecule has 350 valence electrons. The SMILES string of the molecule is C[C@H]1[C@H](N2C(=O)C3C4C=CC(C4)C3C2=O)C[C@@H]2C[C@H]1C2(C)C.C[C@H]1[C@H](N2C(=O)C3C4C=CC(C4)C3C2=O)C[C@@H]2C[C@H]1C2(C)C.C[C@H]1[C@H](N2C(=O)C3CC=CCC3C2=O)C[C@@H]2C[C@H]1C2(C)C. The van der Waals surface area contributed by atoms with Crippen LogP contribution in [0.1, 0.15) is 127 Å². The van der Waals surface area contributed by atoms with Crippen LogP contribution in [0.3, 0.4) is 0 Å². The Bertz CT molecular complexity index is 2040. The van der Waals surface area contributed by atoms with Crippen LogP contribution < -0.4 is 0 Å². The molecule has 11 saturated carbocycles. The number of likely N-dealkylation sites (tertiary alicyclic amines) is 3.